The molecule has 0 N–H and O–H groups in total. The van der Waals surface area contributed by atoms with Gasteiger partial charge in [-0.3, -0.25) is 4.68 Å². The van der Waals surface area contributed by atoms with Crippen molar-refractivity contribution < 1.29 is 23.4 Å². The highest BCUT2D eigenvalue weighted by atomic mass is 35.5. The predicted octanol–water partition coefficient (Wildman–Crippen LogP) is 5.29. The van der Waals surface area contributed by atoms with E-state index in [0.717, 1.165) is 35.4 Å². The molecule has 1 saturated heterocycles. The molecule has 0 saturated carbocycles. The molecule has 204 valence electrons. The molecule has 1 unspecified atom stereocenters. The molecule has 1 atom stereocenters. The quantitative estimate of drug-likeness (QED) is 0.226. The van der Waals surface area contributed by atoms with Crippen molar-refractivity contribution in [2.75, 3.05) is 13.7 Å². The van der Waals surface area contributed by atoms with Gasteiger partial charge in [0.25, 0.3) is 0 Å². The number of esters is 1. The lowest BCUT2D eigenvalue weighted by molar-refractivity contribution is -0.0590. The number of pyridine rings is 1. The first kappa shape index (κ1) is 26.0. The number of ether oxygens (including phenoxy) is 3. The summed E-state index contributed by atoms with van der Waals surface area (Å²) in [5.74, 6) is 0.326. The van der Waals surface area contributed by atoms with Gasteiger partial charge in [-0.05, 0) is 42.8 Å². The van der Waals surface area contributed by atoms with Crippen LogP contribution >= 0.6 is 11.6 Å². The van der Waals surface area contributed by atoms with E-state index in [1.54, 1.807) is 41.2 Å². The highest BCUT2D eigenvalue weighted by Crippen LogP contribution is 2.25. The summed E-state index contributed by atoms with van der Waals surface area (Å²) in [5, 5.41) is 4.86. The summed E-state index contributed by atoms with van der Waals surface area (Å²) in [7, 11) is 1.36. The summed E-state index contributed by atoms with van der Waals surface area (Å²) in [6, 6.07) is 15.2. The molecule has 0 radical (unpaired) electrons. The number of fused-ring (bicyclic) bond motifs is 1. The van der Waals surface area contributed by atoms with Gasteiger partial charge in [0.1, 0.15) is 18.2 Å². The fraction of sp³-hybridized carbons (Fsp3) is 0.241. The zero-order valence-electron chi connectivity index (χ0n) is 21.6. The zero-order valence-corrected chi connectivity index (χ0v) is 22.3. The summed E-state index contributed by atoms with van der Waals surface area (Å²) in [6.45, 7) is 1.80. The summed E-state index contributed by atoms with van der Waals surface area (Å²) in [5.41, 5.74) is 3.92. The van der Waals surface area contributed by atoms with Gasteiger partial charge in [0.05, 0.1) is 54.8 Å². The molecule has 11 heteroatoms. The van der Waals surface area contributed by atoms with E-state index in [1.165, 1.54) is 13.2 Å². The van der Waals surface area contributed by atoms with E-state index < -0.39 is 11.8 Å². The molecule has 0 spiro atoms. The number of hydrogen-bond donors (Lipinski definition) is 0. The van der Waals surface area contributed by atoms with Crippen molar-refractivity contribution in [2.45, 2.75) is 32.2 Å². The third-order valence-corrected chi connectivity index (χ3v) is 7.01. The normalized spacial score (nSPS) is 14.7. The van der Waals surface area contributed by atoms with E-state index in [0.29, 0.717) is 40.8 Å². The number of nitrogens with zero attached hydrogens (tertiary/aromatic N) is 5. The Bertz CT molecular complexity index is 1700. The van der Waals surface area contributed by atoms with Crippen molar-refractivity contribution in [3.8, 4) is 17.1 Å². The summed E-state index contributed by atoms with van der Waals surface area (Å²) < 4.78 is 34.3. The van der Waals surface area contributed by atoms with Gasteiger partial charge in [-0.25, -0.2) is 19.2 Å². The molecule has 0 amide bonds. The first-order chi connectivity index (χ1) is 19.5. The maximum absolute atomic E-state index is 14.1. The summed E-state index contributed by atoms with van der Waals surface area (Å²) in [4.78, 5) is 21.5. The van der Waals surface area contributed by atoms with Crippen LogP contribution in [0.2, 0.25) is 5.02 Å². The van der Waals surface area contributed by atoms with E-state index >= 15 is 0 Å². The smallest absolute Gasteiger partial charge is 0.337 e. The van der Waals surface area contributed by atoms with Gasteiger partial charge in [-0.2, -0.15) is 5.10 Å². The number of halogens is 2. The standard InChI is InChI=1S/C29H25ClFN5O4/c1-38-29(37)18-6-8-25-26(11-18)36(15-22-9-10-39-22)27(33-25)16-35-14-20(13-32-35)24-3-2-4-28(34-24)40-17-19-5-7-21(30)12-23(19)31/h2-8,11-14,22H,9-10,15-17H2,1H3. The Hall–Kier alpha value is -4.28. The second-order valence-corrected chi connectivity index (χ2v) is 9.86. The maximum Gasteiger partial charge on any atom is 0.337 e. The molecule has 2 aromatic carbocycles. The lowest BCUT2D eigenvalue weighted by atomic mass is 10.1. The van der Waals surface area contributed by atoms with Crippen LogP contribution in [0.15, 0.2) is 67.0 Å². The number of carbonyl (C=O) groups excluding carboxylic acids is 1. The Labute approximate surface area is 234 Å². The minimum Gasteiger partial charge on any atom is -0.473 e. The van der Waals surface area contributed by atoms with Crippen LogP contribution in [0, 0.1) is 5.82 Å². The van der Waals surface area contributed by atoms with E-state index in [9.17, 15) is 9.18 Å². The molecule has 0 aliphatic carbocycles. The van der Waals surface area contributed by atoms with Crippen molar-refractivity contribution in [2.24, 2.45) is 0 Å². The maximum atomic E-state index is 14.1. The monoisotopic (exact) mass is 561 g/mol. The third kappa shape index (κ3) is 5.41. The van der Waals surface area contributed by atoms with Crippen LogP contribution in [-0.4, -0.2) is 50.1 Å². The molecule has 40 heavy (non-hydrogen) atoms. The SMILES string of the molecule is COC(=O)c1ccc2nc(Cn3cc(-c4cccc(OCc5ccc(Cl)cc5F)n4)cn3)n(CC3CCO3)c2c1. The lowest BCUT2D eigenvalue weighted by Crippen LogP contribution is -2.32. The molecular formula is C29H25ClFN5O4. The molecule has 1 aliphatic rings. The Morgan fingerprint density at radius 2 is 2.05 bits per heavy atom. The number of benzene rings is 2. The number of carbonyl (C=O) groups is 1. The predicted molar refractivity (Wildman–Crippen MR) is 146 cm³/mol. The molecule has 0 bridgehead atoms. The van der Waals surface area contributed by atoms with Crippen molar-refractivity contribution in [1.82, 2.24) is 24.3 Å². The van der Waals surface area contributed by atoms with Gasteiger partial charge in [0.15, 0.2) is 0 Å². The fourth-order valence-electron chi connectivity index (χ4n) is 4.55. The average molecular weight is 562 g/mol. The first-order valence-corrected chi connectivity index (χ1v) is 13.1. The number of rotatable bonds is 9. The summed E-state index contributed by atoms with van der Waals surface area (Å²) >= 11 is 5.83. The van der Waals surface area contributed by atoms with Crippen molar-refractivity contribution >= 4 is 28.6 Å². The molecule has 4 heterocycles. The van der Waals surface area contributed by atoms with Crippen molar-refractivity contribution in [1.29, 1.82) is 0 Å². The van der Waals surface area contributed by atoms with Gasteiger partial charge in [-0.1, -0.05) is 23.7 Å². The second-order valence-electron chi connectivity index (χ2n) is 9.43. The van der Waals surface area contributed by atoms with E-state index in [1.807, 2.05) is 24.4 Å². The molecule has 3 aromatic heterocycles. The fourth-order valence-corrected chi connectivity index (χ4v) is 4.71. The molecule has 5 aromatic rings. The Kier molecular flexibility index (Phi) is 7.19. The minimum absolute atomic E-state index is 0.0251. The van der Waals surface area contributed by atoms with Crippen LogP contribution in [0.1, 0.15) is 28.2 Å². The van der Waals surface area contributed by atoms with Gasteiger partial charge >= 0.3 is 5.97 Å². The highest BCUT2D eigenvalue weighted by molar-refractivity contribution is 6.30. The van der Waals surface area contributed by atoms with Crippen molar-refractivity contribution in [3.05, 3.63) is 94.8 Å². The van der Waals surface area contributed by atoms with Crippen LogP contribution in [0.3, 0.4) is 0 Å². The van der Waals surface area contributed by atoms with Crippen molar-refractivity contribution in [3.63, 3.8) is 0 Å². The van der Waals surface area contributed by atoms with Gasteiger partial charge in [0, 0.05) is 35.0 Å². The van der Waals surface area contributed by atoms with Crippen LogP contribution in [-0.2, 0) is 29.2 Å². The topological polar surface area (TPSA) is 93.3 Å². The second kappa shape index (κ2) is 11.1. The Morgan fingerprint density at radius 1 is 1.18 bits per heavy atom. The summed E-state index contributed by atoms with van der Waals surface area (Å²) in [6.07, 6.45) is 4.67. The average Bonchev–Trinajstić information content (AvgIpc) is 3.54. The highest BCUT2D eigenvalue weighted by Gasteiger charge is 2.23. The largest absolute Gasteiger partial charge is 0.473 e. The van der Waals surface area contributed by atoms with E-state index in [2.05, 4.69) is 14.6 Å². The molecule has 6 rings (SSSR count). The minimum atomic E-state index is -0.429. The van der Waals surface area contributed by atoms with E-state index in [-0.39, 0.29) is 12.7 Å². The number of aromatic nitrogens is 5. The third-order valence-electron chi connectivity index (χ3n) is 6.77. The molecule has 1 fully saturated rings. The van der Waals surface area contributed by atoms with Crippen LogP contribution in [0.5, 0.6) is 5.88 Å². The molecule has 9 nitrogen and oxygen atoms in total. The van der Waals surface area contributed by atoms with Gasteiger partial charge in [0.2, 0.25) is 5.88 Å². The Balaban J connectivity index is 1.22. The lowest BCUT2D eigenvalue weighted by Gasteiger charge is -2.27. The van der Waals surface area contributed by atoms with Crippen LogP contribution < -0.4 is 4.74 Å². The number of methoxy groups -OCH3 is 1. The van der Waals surface area contributed by atoms with Gasteiger partial charge in [-0.15, -0.1) is 0 Å². The zero-order chi connectivity index (χ0) is 27.6. The van der Waals surface area contributed by atoms with Gasteiger partial charge < -0.3 is 18.8 Å². The first-order valence-electron chi connectivity index (χ1n) is 12.7. The van der Waals surface area contributed by atoms with E-state index in [4.69, 9.17) is 30.8 Å². The van der Waals surface area contributed by atoms with Crippen LogP contribution in [0.25, 0.3) is 22.3 Å². The number of hydrogen-bond acceptors (Lipinski definition) is 7. The molecular weight excluding hydrogens is 537 g/mol. The molecule has 1 aliphatic heterocycles. The number of imidazole rings is 1. The Morgan fingerprint density at radius 3 is 2.83 bits per heavy atom. The van der Waals surface area contributed by atoms with Crippen LogP contribution in [0.4, 0.5) is 4.39 Å².